The fourth-order valence-corrected chi connectivity index (χ4v) is 2.51. The average Bonchev–Trinajstić information content (AvgIpc) is 2.70. The van der Waals surface area contributed by atoms with Gasteiger partial charge in [-0.15, -0.1) is 0 Å². The zero-order chi connectivity index (χ0) is 12.3. The van der Waals surface area contributed by atoms with Crippen molar-refractivity contribution in [2.75, 3.05) is 20.2 Å². The highest BCUT2D eigenvalue weighted by atomic mass is 16.5. The largest absolute Gasteiger partial charge is 0.492 e. The smallest absolute Gasteiger partial charge is 0.119 e. The van der Waals surface area contributed by atoms with Crippen LogP contribution in [0.3, 0.4) is 0 Å². The Morgan fingerprint density at radius 2 is 2.00 bits per heavy atom. The molecule has 0 spiro atoms. The van der Waals surface area contributed by atoms with E-state index in [4.69, 9.17) is 4.74 Å². The SMILES string of the molecule is CC(C)C1CC(COc2ccccc2)N(C)C1. The first kappa shape index (κ1) is 12.4. The summed E-state index contributed by atoms with van der Waals surface area (Å²) in [5.41, 5.74) is 0. The maximum Gasteiger partial charge on any atom is 0.119 e. The second kappa shape index (κ2) is 5.54. The summed E-state index contributed by atoms with van der Waals surface area (Å²) in [4.78, 5) is 2.44. The van der Waals surface area contributed by atoms with Crippen molar-refractivity contribution in [1.82, 2.24) is 4.90 Å². The van der Waals surface area contributed by atoms with Crippen molar-refractivity contribution in [3.63, 3.8) is 0 Å². The number of benzene rings is 1. The summed E-state index contributed by atoms with van der Waals surface area (Å²) in [6.45, 7) is 6.65. The molecule has 0 amide bonds. The molecular formula is C15H23NO. The summed E-state index contributed by atoms with van der Waals surface area (Å²) in [7, 11) is 2.21. The van der Waals surface area contributed by atoms with Gasteiger partial charge in [0.05, 0.1) is 0 Å². The van der Waals surface area contributed by atoms with Gasteiger partial charge in [0, 0.05) is 12.6 Å². The molecule has 1 fully saturated rings. The molecule has 17 heavy (non-hydrogen) atoms. The summed E-state index contributed by atoms with van der Waals surface area (Å²) in [6, 6.07) is 10.7. The maximum absolute atomic E-state index is 5.85. The quantitative estimate of drug-likeness (QED) is 0.792. The third-order valence-corrected chi connectivity index (χ3v) is 3.85. The van der Waals surface area contributed by atoms with Crippen molar-refractivity contribution in [2.24, 2.45) is 11.8 Å². The lowest BCUT2D eigenvalue weighted by Crippen LogP contribution is -2.30. The van der Waals surface area contributed by atoms with Crippen LogP contribution in [-0.4, -0.2) is 31.1 Å². The Morgan fingerprint density at radius 3 is 2.59 bits per heavy atom. The summed E-state index contributed by atoms with van der Waals surface area (Å²) < 4.78 is 5.85. The minimum absolute atomic E-state index is 0.572. The summed E-state index contributed by atoms with van der Waals surface area (Å²) in [5, 5.41) is 0. The van der Waals surface area contributed by atoms with E-state index in [0.717, 1.165) is 24.2 Å². The Bertz CT molecular complexity index is 336. The van der Waals surface area contributed by atoms with Crippen LogP contribution in [0, 0.1) is 11.8 Å². The number of rotatable bonds is 4. The highest BCUT2D eigenvalue weighted by molar-refractivity contribution is 5.21. The van der Waals surface area contributed by atoms with Crippen LogP contribution in [0.4, 0.5) is 0 Å². The third kappa shape index (κ3) is 3.22. The molecule has 0 aliphatic carbocycles. The van der Waals surface area contributed by atoms with E-state index in [0.29, 0.717) is 6.04 Å². The lowest BCUT2D eigenvalue weighted by atomic mass is 9.93. The van der Waals surface area contributed by atoms with Gasteiger partial charge in [0.2, 0.25) is 0 Å². The molecule has 1 heterocycles. The molecule has 2 rings (SSSR count). The summed E-state index contributed by atoms with van der Waals surface area (Å²) in [6.07, 6.45) is 1.26. The van der Waals surface area contributed by atoms with Gasteiger partial charge >= 0.3 is 0 Å². The minimum atomic E-state index is 0.572. The van der Waals surface area contributed by atoms with E-state index in [1.54, 1.807) is 0 Å². The Balaban J connectivity index is 1.84. The van der Waals surface area contributed by atoms with Crippen molar-refractivity contribution in [3.05, 3.63) is 30.3 Å². The van der Waals surface area contributed by atoms with Gasteiger partial charge in [-0.1, -0.05) is 32.0 Å². The average molecular weight is 233 g/mol. The zero-order valence-corrected chi connectivity index (χ0v) is 11.1. The van der Waals surface area contributed by atoms with E-state index in [1.807, 2.05) is 30.3 Å². The van der Waals surface area contributed by atoms with Gasteiger partial charge in [0.15, 0.2) is 0 Å². The van der Waals surface area contributed by atoms with Crippen LogP contribution in [-0.2, 0) is 0 Å². The fourth-order valence-electron chi connectivity index (χ4n) is 2.51. The molecule has 94 valence electrons. The molecule has 0 saturated carbocycles. The van der Waals surface area contributed by atoms with Gasteiger partial charge in [0.1, 0.15) is 12.4 Å². The van der Waals surface area contributed by atoms with Crippen LogP contribution in [0.1, 0.15) is 20.3 Å². The van der Waals surface area contributed by atoms with E-state index >= 15 is 0 Å². The highest BCUT2D eigenvalue weighted by Gasteiger charge is 2.31. The molecule has 1 aliphatic heterocycles. The van der Waals surface area contributed by atoms with Crippen molar-refractivity contribution in [3.8, 4) is 5.75 Å². The van der Waals surface area contributed by atoms with Crippen molar-refractivity contribution in [2.45, 2.75) is 26.3 Å². The molecule has 2 atom stereocenters. The Morgan fingerprint density at radius 1 is 1.29 bits per heavy atom. The van der Waals surface area contributed by atoms with Crippen LogP contribution in [0.25, 0.3) is 0 Å². The molecule has 0 radical (unpaired) electrons. The zero-order valence-electron chi connectivity index (χ0n) is 11.1. The van der Waals surface area contributed by atoms with Crippen LogP contribution in [0.15, 0.2) is 30.3 Å². The van der Waals surface area contributed by atoms with Crippen LogP contribution in [0.5, 0.6) is 5.75 Å². The number of ether oxygens (including phenoxy) is 1. The molecule has 2 unspecified atom stereocenters. The van der Waals surface area contributed by atoms with Gasteiger partial charge in [-0.05, 0) is 37.4 Å². The molecule has 0 bridgehead atoms. The fraction of sp³-hybridized carbons (Fsp3) is 0.600. The molecule has 1 aliphatic rings. The molecular weight excluding hydrogens is 210 g/mol. The number of para-hydroxylation sites is 1. The lowest BCUT2D eigenvalue weighted by molar-refractivity contribution is 0.198. The topological polar surface area (TPSA) is 12.5 Å². The first-order valence-electron chi connectivity index (χ1n) is 6.55. The molecule has 2 heteroatoms. The van der Waals surface area contributed by atoms with Gasteiger partial charge in [-0.25, -0.2) is 0 Å². The second-order valence-corrected chi connectivity index (χ2v) is 5.46. The van der Waals surface area contributed by atoms with Crippen LogP contribution in [0.2, 0.25) is 0 Å². The number of likely N-dealkylation sites (tertiary alicyclic amines) is 1. The minimum Gasteiger partial charge on any atom is -0.492 e. The normalized spacial score (nSPS) is 25.4. The van der Waals surface area contributed by atoms with Gasteiger partial charge in [0.25, 0.3) is 0 Å². The van der Waals surface area contributed by atoms with E-state index < -0.39 is 0 Å². The molecule has 1 aromatic carbocycles. The van der Waals surface area contributed by atoms with Crippen molar-refractivity contribution in [1.29, 1.82) is 0 Å². The molecule has 2 nitrogen and oxygen atoms in total. The highest BCUT2D eigenvalue weighted by Crippen LogP contribution is 2.28. The van der Waals surface area contributed by atoms with E-state index in [9.17, 15) is 0 Å². The van der Waals surface area contributed by atoms with Crippen LogP contribution < -0.4 is 4.74 Å². The Kier molecular flexibility index (Phi) is 4.06. The number of likely N-dealkylation sites (N-methyl/N-ethyl adjacent to an activating group) is 1. The Labute approximate surface area is 105 Å². The predicted octanol–water partition coefficient (Wildman–Crippen LogP) is 3.04. The van der Waals surface area contributed by atoms with Crippen LogP contribution >= 0.6 is 0 Å². The first-order valence-corrected chi connectivity index (χ1v) is 6.55. The molecule has 0 N–H and O–H groups in total. The van der Waals surface area contributed by atoms with E-state index in [-0.39, 0.29) is 0 Å². The standard InChI is InChI=1S/C15H23NO/c1-12(2)13-9-14(16(3)10-13)11-17-15-7-5-4-6-8-15/h4-8,12-14H,9-11H2,1-3H3. The summed E-state index contributed by atoms with van der Waals surface area (Å²) >= 11 is 0. The van der Waals surface area contributed by atoms with Gasteiger partial charge < -0.3 is 4.74 Å². The number of hydrogen-bond acceptors (Lipinski definition) is 2. The second-order valence-electron chi connectivity index (χ2n) is 5.46. The number of hydrogen-bond donors (Lipinski definition) is 0. The number of nitrogens with zero attached hydrogens (tertiary/aromatic N) is 1. The maximum atomic E-state index is 5.85. The molecule has 1 aromatic rings. The van der Waals surface area contributed by atoms with E-state index in [1.165, 1.54) is 13.0 Å². The predicted molar refractivity (Wildman–Crippen MR) is 71.3 cm³/mol. The lowest BCUT2D eigenvalue weighted by Gasteiger charge is -2.19. The van der Waals surface area contributed by atoms with Gasteiger partial charge in [-0.2, -0.15) is 0 Å². The summed E-state index contributed by atoms with van der Waals surface area (Å²) in [5.74, 6) is 2.58. The molecule has 0 aromatic heterocycles. The Hall–Kier alpha value is -1.02. The van der Waals surface area contributed by atoms with Gasteiger partial charge in [-0.3, -0.25) is 4.90 Å². The molecule has 1 saturated heterocycles. The third-order valence-electron chi connectivity index (χ3n) is 3.85. The van der Waals surface area contributed by atoms with E-state index in [2.05, 4.69) is 25.8 Å². The van der Waals surface area contributed by atoms with Crippen molar-refractivity contribution >= 4 is 0 Å². The first-order chi connectivity index (χ1) is 8.16. The monoisotopic (exact) mass is 233 g/mol. The van der Waals surface area contributed by atoms with Crippen molar-refractivity contribution < 1.29 is 4.74 Å².